The number of amides is 4. The molecule has 0 saturated heterocycles. The van der Waals surface area contributed by atoms with Crippen molar-refractivity contribution < 1.29 is 18.0 Å². The van der Waals surface area contributed by atoms with Crippen molar-refractivity contribution in [1.82, 2.24) is 9.62 Å². The molecule has 1 aromatic rings. The summed E-state index contributed by atoms with van der Waals surface area (Å²) in [6.45, 7) is 1.97. The van der Waals surface area contributed by atoms with Gasteiger partial charge >= 0.3 is 12.1 Å². The fraction of sp³-hybridized carbons (Fsp3) is 0.429. The maximum Gasteiger partial charge on any atom is 0.339 e. The van der Waals surface area contributed by atoms with Crippen LogP contribution in [-0.4, -0.2) is 37.6 Å². The van der Waals surface area contributed by atoms with Gasteiger partial charge in [0, 0.05) is 12.2 Å². The second-order valence-corrected chi connectivity index (χ2v) is 7.78. The molecule has 2 N–H and O–H groups in total. The minimum Gasteiger partial charge on any atom is -0.308 e. The van der Waals surface area contributed by atoms with E-state index in [2.05, 4.69) is 5.32 Å². The quantitative estimate of drug-likeness (QED) is 0.717. The molecule has 7 nitrogen and oxygen atoms in total. The van der Waals surface area contributed by atoms with Gasteiger partial charge in [-0.2, -0.15) is 0 Å². The highest BCUT2D eigenvalue weighted by molar-refractivity contribution is 7.88. The van der Waals surface area contributed by atoms with Gasteiger partial charge in [0.25, 0.3) is 0 Å². The Morgan fingerprint density at radius 3 is 2.38 bits per heavy atom. The van der Waals surface area contributed by atoms with Gasteiger partial charge in [0.05, 0.1) is 16.3 Å². The summed E-state index contributed by atoms with van der Waals surface area (Å²) in [5, 5.41) is 4.91. The first kappa shape index (κ1) is 20.5. The number of nitrogens with one attached hydrogen (secondary N) is 2. The Bertz CT molecular complexity index is 710. The lowest BCUT2D eigenvalue weighted by molar-refractivity contribution is 0.219. The third-order valence-electron chi connectivity index (χ3n) is 2.99. The van der Waals surface area contributed by atoms with Crippen LogP contribution in [0.3, 0.4) is 0 Å². The summed E-state index contributed by atoms with van der Waals surface area (Å²) in [5.41, 5.74) is 0.312. The van der Waals surface area contributed by atoms with E-state index >= 15 is 0 Å². The average molecular weight is 396 g/mol. The van der Waals surface area contributed by atoms with Crippen LogP contribution in [0, 0.1) is 0 Å². The van der Waals surface area contributed by atoms with Crippen molar-refractivity contribution in [1.29, 1.82) is 0 Å². The largest absolute Gasteiger partial charge is 0.339 e. The van der Waals surface area contributed by atoms with Crippen molar-refractivity contribution in [2.45, 2.75) is 26.2 Å². The maximum absolute atomic E-state index is 12.0. The second kappa shape index (κ2) is 9.10. The molecule has 4 amide bonds. The summed E-state index contributed by atoms with van der Waals surface area (Å²) in [6, 6.07) is 2.50. The lowest BCUT2D eigenvalue weighted by Gasteiger charge is -2.20. The normalized spacial score (nSPS) is 11.0. The summed E-state index contributed by atoms with van der Waals surface area (Å²) in [6.07, 6.45) is 3.08. The number of nitrogens with zero attached hydrogens (tertiary/aromatic N) is 1. The zero-order valence-electron chi connectivity index (χ0n) is 13.3. The first-order valence-electron chi connectivity index (χ1n) is 7.20. The van der Waals surface area contributed by atoms with Gasteiger partial charge < -0.3 is 5.32 Å². The monoisotopic (exact) mass is 395 g/mol. The highest BCUT2D eigenvalue weighted by Crippen LogP contribution is 2.24. The smallest absolute Gasteiger partial charge is 0.308 e. The van der Waals surface area contributed by atoms with Crippen molar-refractivity contribution in [3.05, 3.63) is 28.2 Å². The number of halogens is 2. The van der Waals surface area contributed by atoms with E-state index in [1.54, 1.807) is 0 Å². The van der Waals surface area contributed by atoms with Gasteiger partial charge in [-0.3, -0.25) is 5.32 Å². The van der Waals surface area contributed by atoms with E-state index in [1.165, 1.54) is 18.2 Å². The summed E-state index contributed by atoms with van der Waals surface area (Å²) in [7, 11) is -3.77. The van der Waals surface area contributed by atoms with Gasteiger partial charge in [-0.05, 0) is 24.6 Å². The van der Waals surface area contributed by atoms with Crippen molar-refractivity contribution >= 4 is 51.0 Å². The van der Waals surface area contributed by atoms with Crippen molar-refractivity contribution in [3.63, 3.8) is 0 Å². The zero-order chi connectivity index (χ0) is 18.3. The number of benzene rings is 1. The summed E-state index contributed by atoms with van der Waals surface area (Å²) >= 11 is 11.6. The third kappa shape index (κ3) is 6.54. The number of hydrogen-bond acceptors (Lipinski definition) is 4. The molecule has 0 aliphatic carbocycles. The predicted octanol–water partition coefficient (Wildman–Crippen LogP) is 3.69. The van der Waals surface area contributed by atoms with Crippen LogP contribution in [-0.2, 0) is 10.0 Å². The van der Waals surface area contributed by atoms with E-state index in [1.807, 2.05) is 12.2 Å². The van der Waals surface area contributed by atoms with E-state index in [4.69, 9.17) is 23.2 Å². The number of carbonyl (C=O) groups is 2. The number of hydrogen-bond donors (Lipinski definition) is 2. The Kier molecular flexibility index (Phi) is 7.78. The van der Waals surface area contributed by atoms with Crippen molar-refractivity contribution in [2.24, 2.45) is 0 Å². The lowest BCUT2D eigenvalue weighted by Crippen LogP contribution is -2.47. The van der Waals surface area contributed by atoms with Gasteiger partial charge in [0.2, 0.25) is 10.0 Å². The lowest BCUT2D eigenvalue weighted by atomic mass is 10.2. The molecule has 24 heavy (non-hydrogen) atoms. The van der Waals surface area contributed by atoms with Gasteiger partial charge in [0.1, 0.15) is 0 Å². The van der Waals surface area contributed by atoms with Crippen molar-refractivity contribution in [3.8, 4) is 0 Å². The van der Waals surface area contributed by atoms with Crippen LogP contribution in [0.25, 0.3) is 0 Å². The summed E-state index contributed by atoms with van der Waals surface area (Å²) < 4.78 is 24.0. The Labute approximate surface area is 151 Å². The predicted molar refractivity (Wildman–Crippen MR) is 95.1 cm³/mol. The van der Waals surface area contributed by atoms with Crippen LogP contribution in [0.2, 0.25) is 10.0 Å². The number of unbranched alkanes of at least 4 members (excludes halogenated alkanes) is 2. The van der Waals surface area contributed by atoms with Gasteiger partial charge in [-0.25, -0.2) is 22.3 Å². The number of urea groups is 2. The molecule has 0 aromatic heterocycles. The van der Waals surface area contributed by atoms with Crippen molar-refractivity contribution in [2.75, 3.05) is 18.1 Å². The Morgan fingerprint density at radius 1 is 1.17 bits per heavy atom. The number of sulfonamides is 1. The molecule has 0 bridgehead atoms. The maximum atomic E-state index is 12.0. The molecular formula is C14H19Cl2N3O4S. The molecule has 0 aliphatic heterocycles. The fourth-order valence-corrected chi connectivity index (χ4v) is 2.92. The minimum atomic E-state index is -3.77. The van der Waals surface area contributed by atoms with E-state index in [0.717, 1.165) is 19.1 Å². The molecular weight excluding hydrogens is 377 g/mol. The van der Waals surface area contributed by atoms with Crippen LogP contribution in [0.5, 0.6) is 0 Å². The Balaban J connectivity index is 2.71. The van der Waals surface area contributed by atoms with Crippen LogP contribution in [0.1, 0.15) is 26.2 Å². The minimum absolute atomic E-state index is 0.0125. The third-order valence-corrected chi connectivity index (χ3v) is 4.88. The molecule has 0 fully saturated rings. The van der Waals surface area contributed by atoms with Crippen LogP contribution in [0.4, 0.5) is 15.3 Å². The molecule has 1 rings (SSSR count). The number of carbonyl (C=O) groups excluding carboxylic acids is 2. The first-order chi connectivity index (χ1) is 11.1. The molecule has 134 valence electrons. The van der Waals surface area contributed by atoms with E-state index in [-0.39, 0.29) is 11.6 Å². The van der Waals surface area contributed by atoms with E-state index in [9.17, 15) is 18.0 Å². The molecule has 0 aliphatic rings. The topological polar surface area (TPSA) is 95.6 Å². The van der Waals surface area contributed by atoms with Crippen LogP contribution < -0.4 is 10.6 Å². The highest BCUT2D eigenvalue weighted by atomic mass is 35.5. The zero-order valence-corrected chi connectivity index (χ0v) is 15.6. The number of rotatable bonds is 6. The van der Waals surface area contributed by atoms with E-state index in [0.29, 0.717) is 21.4 Å². The van der Waals surface area contributed by atoms with Crippen LogP contribution in [0.15, 0.2) is 18.2 Å². The average Bonchev–Trinajstić information content (AvgIpc) is 2.46. The Hall–Kier alpha value is -1.51. The number of anilines is 1. The first-order valence-corrected chi connectivity index (χ1v) is 9.80. The fourth-order valence-electron chi connectivity index (χ4n) is 1.82. The van der Waals surface area contributed by atoms with Gasteiger partial charge in [-0.15, -0.1) is 0 Å². The van der Waals surface area contributed by atoms with Gasteiger partial charge in [0.15, 0.2) is 0 Å². The molecule has 0 radical (unpaired) electrons. The summed E-state index contributed by atoms with van der Waals surface area (Å²) in [4.78, 5) is 23.9. The molecule has 10 heteroatoms. The standard InChI is InChI=1S/C14H19Cl2N3O4S/c1-3-4-5-8-19(24(2,22)23)14(21)18-13(20)17-10-6-7-11(15)12(16)9-10/h6-7,9H,3-5,8H2,1-2H3,(H2,17,18,20,21). The van der Waals surface area contributed by atoms with Crippen LogP contribution >= 0.6 is 23.2 Å². The number of imide groups is 1. The molecule has 0 heterocycles. The molecule has 0 unspecified atom stereocenters. The van der Waals surface area contributed by atoms with Gasteiger partial charge in [-0.1, -0.05) is 43.0 Å². The summed E-state index contributed by atoms with van der Waals surface area (Å²) in [5.74, 6) is 0. The SMILES string of the molecule is CCCCCN(C(=O)NC(=O)Nc1ccc(Cl)c(Cl)c1)S(C)(=O)=O. The molecule has 0 spiro atoms. The highest BCUT2D eigenvalue weighted by Gasteiger charge is 2.24. The van der Waals surface area contributed by atoms with E-state index < -0.39 is 22.1 Å². The Morgan fingerprint density at radius 2 is 1.83 bits per heavy atom. The molecule has 0 saturated carbocycles. The molecule has 0 atom stereocenters. The molecule has 1 aromatic carbocycles. The second-order valence-electron chi connectivity index (χ2n) is 5.06.